The average Bonchev–Trinajstić information content (AvgIpc) is 2.85. The molecule has 6 nitrogen and oxygen atoms in total. The lowest BCUT2D eigenvalue weighted by atomic mass is 10.2. The molecular formula is C13H14ClF3N4O2. The summed E-state index contributed by atoms with van der Waals surface area (Å²) in [5.41, 5.74) is 1.90. The van der Waals surface area contributed by atoms with Crippen LogP contribution in [0.2, 0.25) is 0 Å². The van der Waals surface area contributed by atoms with E-state index in [9.17, 15) is 18.0 Å². The Hall–Kier alpha value is -2.26. The van der Waals surface area contributed by atoms with Crippen molar-refractivity contribution in [1.82, 2.24) is 15.2 Å². The number of benzene rings is 1. The number of aryl methyl sites for hydroxylation is 1. The number of hydrogen-bond donors (Lipinski definition) is 2. The highest BCUT2D eigenvalue weighted by molar-refractivity contribution is 5.94. The lowest BCUT2D eigenvalue weighted by Crippen LogP contribution is -2.30. The highest BCUT2D eigenvalue weighted by atomic mass is 35.5. The second-order valence-electron chi connectivity index (χ2n) is 4.41. The quantitative estimate of drug-likeness (QED) is 0.502. The number of hydrogen-bond acceptors (Lipinski definition) is 4. The van der Waals surface area contributed by atoms with E-state index in [0.717, 1.165) is 12.1 Å². The minimum absolute atomic E-state index is 0. The fourth-order valence-corrected chi connectivity index (χ4v) is 1.79. The second kappa shape index (κ2) is 7.34. The normalized spacial score (nSPS) is 10.8. The molecule has 0 aliphatic heterocycles. The first kappa shape index (κ1) is 18.8. The van der Waals surface area contributed by atoms with E-state index in [1.54, 1.807) is 7.05 Å². The highest BCUT2D eigenvalue weighted by Crippen LogP contribution is 2.30. The van der Waals surface area contributed by atoms with Crippen molar-refractivity contribution in [2.45, 2.75) is 12.8 Å². The second-order valence-corrected chi connectivity index (χ2v) is 4.41. The minimum atomic E-state index is -4.40. The molecule has 1 aromatic heterocycles. The third kappa shape index (κ3) is 4.36. The van der Waals surface area contributed by atoms with Crippen LogP contribution in [0.15, 0.2) is 30.5 Å². The van der Waals surface area contributed by atoms with Gasteiger partial charge in [0.1, 0.15) is 12.4 Å². The van der Waals surface area contributed by atoms with E-state index < -0.39 is 17.6 Å². The molecule has 0 saturated heterocycles. The molecule has 0 atom stereocenters. The molecule has 0 aliphatic rings. The molecule has 23 heavy (non-hydrogen) atoms. The van der Waals surface area contributed by atoms with E-state index >= 15 is 0 Å². The molecule has 0 fully saturated rings. The van der Waals surface area contributed by atoms with Crippen LogP contribution in [0.3, 0.4) is 0 Å². The number of rotatable bonds is 4. The Bertz CT molecular complexity index is 671. The Morgan fingerprint density at radius 2 is 1.96 bits per heavy atom. The third-order valence-corrected chi connectivity index (χ3v) is 2.99. The Kier molecular flexibility index (Phi) is 5.99. The Morgan fingerprint density at radius 1 is 1.35 bits per heavy atom. The van der Waals surface area contributed by atoms with Crippen LogP contribution in [-0.4, -0.2) is 15.7 Å². The van der Waals surface area contributed by atoms with Crippen molar-refractivity contribution in [1.29, 1.82) is 0 Å². The summed E-state index contributed by atoms with van der Waals surface area (Å²) in [5.74, 6) is 4.78. The first-order chi connectivity index (χ1) is 10.3. The minimum Gasteiger partial charge on any atom is -0.487 e. The third-order valence-electron chi connectivity index (χ3n) is 2.99. The summed E-state index contributed by atoms with van der Waals surface area (Å²) in [6.07, 6.45) is -3.07. The van der Waals surface area contributed by atoms with E-state index in [1.165, 1.54) is 23.0 Å². The van der Waals surface area contributed by atoms with Gasteiger partial charge in [-0.25, -0.2) is 5.84 Å². The lowest BCUT2D eigenvalue weighted by Gasteiger charge is -2.10. The van der Waals surface area contributed by atoms with Crippen molar-refractivity contribution in [2.75, 3.05) is 0 Å². The molecule has 3 N–H and O–H groups in total. The molecule has 0 unspecified atom stereocenters. The van der Waals surface area contributed by atoms with E-state index in [2.05, 4.69) is 5.10 Å². The van der Waals surface area contributed by atoms with Crippen LogP contribution in [0, 0.1) is 0 Å². The maximum Gasteiger partial charge on any atom is 0.416 e. The largest absolute Gasteiger partial charge is 0.487 e. The number of nitrogens with zero attached hydrogens (tertiary/aromatic N) is 2. The van der Waals surface area contributed by atoms with Crippen molar-refractivity contribution in [3.05, 3.63) is 47.3 Å². The summed E-state index contributed by atoms with van der Waals surface area (Å²) in [6, 6.07) is 4.27. The zero-order valence-electron chi connectivity index (χ0n) is 11.9. The van der Waals surface area contributed by atoms with Crippen LogP contribution in [0.4, 0.5) is 13.2 Å². The van der Waals surface area contributed by atoms with Gasteiger partial charge in [-0.15, -0.1) is 12.4 Å². The molecule has 10 heteroatoms. The fraction of sp³-hybridized carbons (Fsp3) is 0.231. The monoisotopic (exact) mass is 350 g/mol. The number of carbonyl (C=O) groups is 1. The summed E-state index contributed by atoms with van der Waals surface area (Å²) in [5, 5.41) is 3.92. The van der Waals surface area contributed by atoms with Gasteiger partial charge >= 0.3 is 6.18 Å². The molecular weight excluding hydrogens is 337 g/mol. The van der Waals surface area contributed by atoms with E-state index in [-0.39, 0.29) is 30.3 Å². The molecule has 1 aromatic carbocycles. The first-order valence-corrected chi connectivity index (χ1v) is 6.15. The number of hydrazine groups is 1. The Morgan fingerprint density at radius 3 is 2.48 bits per heavy atom. The number of nitrogens with two attached hydrogens (primary N) is 1. The number of ether oxygens (including phenoxy) is 1. The first-order valence-electron chi connectivity index (χ1n) is 6.15. The number of carbonyl (C=O) groups excluding carboxylic acids is 1. The topological polar surface area (TPSA) is 82.2 Å². The van der Waals surface area contributed by atoms with Gasteiger partial charge in [-0.3, -0.25) is 14.9 Å². The number of halogens is 4. The molecule has 126 valence electrons. The van der Waals surface area contributed by atoms with Crippen molar-refractivity contribution in [3.63, 3.8) is 0 Å². The van der Waals surface area contributed by atoms with E-state index in [1.807, 2.05) is 5.43 Å². The predicted molar refractivity (Wildman–Crippen MR) is 77.9 cm³/mol. The average molecular weight is 351 g/mol. The van der Waals surface area contributed by atoms with Gasteiger partial charge in [-0.2, -0.15) is 18.3 Å². The fourth-order valence-electron chi connectivity index (χ4n) is 1.79. The van der Waals surface area contributed by atoms with Gasteiger partial charge in [0.2, 0.25) is 0 Å². The standard InChI is InChI=1S/C13H13F3N4O2.ClH/c1-20-11(10(6-18-20)12(21)19-17)7-22-9-4-2-8(3-5-9)13(14,15)16;/h2-6H,7,17H2,1H3,(H,19,21);1H. The summed E-state index contributed by atoms with van der Waals surface area (Å²) >= 11 is 0. The molecule has 1 amide bonds. The van der Waals surface area contributed by atoms with Crippen LogP contribution in [0.1, 0.15) is 21.6 Å². The number of nitrogens with one attached hydrogen (secondary N) is 1. The Labute approximate surface area is 135 Å². The zero-order valence-corrected chi connectivity index (χ0v) is 12.7. The van der Waals surface area contributed by atoms with E-state index in [0.29, 0.717) is 5.69 Å². The van der Waals surface area contributed by atoms with Crippen LogP contribution in [-0.2, 0) is 19.8 Å². The van der Waals surface area contributed by atoms with Crippen LogP contribution < -0.4 is 16.0 Å². The van der Waals surface area contributed by atoms with Gasteiger partial charge in [0.05, 0.1) is 23.0 Å². The number of alkyl halides is 3. The SMILES string of the molecule is Cl.Cn1ncc(C(=O)NN)c1COc1ccc(C(F)(F)F)cc1. The molecule has 2 rings (SSSR count). The van der Waals surface area contributed by atoms with Gasteiger partial charge in [0.25, 0.3) is 5.91 Å². The zero-order chi connectivity index (χ0) is 16.3. The van der Waals surface area contributed by atoms with Crippen molar-refractivity contribution in [2.24, 2.45) is 12.9 Å². The maximum absolute atomic E-state index is 12.5. The molecule has 0 bridgehead atoms. The Balaban J connectivity index is 0.00000264. The summed E-state index contributed by atoms with van der Waals surface area (Å²) in [6.45, 7) is -0.0371. The molecule has 1 heterocycles. The van der Waals surface area contributed by atoms with Crippen molar-refractivity contribution in [3.8, 4) is 5.75 Å². The summed E-state index contributed by atoms with van der Waals surface area (Å²) in [7, 11) is 1.61. The molecule has 0 radical (unpaired) electrons. The highest BCUT2D eigenvalue weighted by Gasteiger charge is 2.30. The number of amides is 1. The van der Waals surface area contributed by atoms with Crippen LogP contribution in [0.5, 0.6) is 5.75 Å². The molecule has 0 spiro atoms. The number of nitrogen functional groups attached to an aromatic ring is 1. The van der Waals surface area contributed by atoms with Crippen LogP contribution in [0.25, 0.3) is 0 Å². The van der Waals surface area contributed by atoms with Crippen molar-refractivity contribution < 1.29 is 22.7 Å². The summed E-state index contributed by atoms with van der Waals surface area (Å²) < 4.78 is 44.2. The molecule has 0 saturated carbocycles. The molecule has 0 aliphatic carbocycles. The molecule has 2 aromatic rings. The van der Waals surface area contributed by atoms with Crippen molar-refractivity contribution >= 4 is 18.3 Å². The predicted octanol–water partition coefficient (Wildman–Crippen LogP) is 2.04. The maximum atomic E-state index is 12.5. The smallest absolute Gasteiger partial charge is 0.416 e. The van der Waals surface area contributed by atoms with Gasteiger partial charge in [0.15, 0.2) is 0 Å². The van der Waals surface area contributed by atoms with Gasteiger partial charge in [0, 0.05) is 7.05 Å². The number of aromatic nitrogens is 2. The van der Waals surface area contributed by atoms with Gasteiger partial charge < -0.3 is 4.74 Å². The van der Waals surface area contributed by atoms with Gasteiger partial charge in [-0.1, -0.05) is 0 Å². The lowest BCUT2D eigenvalue weighted by molar-refractivity contribution is -0.137. The summed E-state index contributed by atoms with van der Waals surface area (Å²) in [4.78, 5) is 11.5. The van der Waals surface area contributed by atoms with Gasteiger partial charge in [-0.05, 0) is 24.3 Å². The van der Waals surface area contributed by atoms with Crippen LogP contribution >= 0.6 is 12.4 Å². The van der Waals surface area contributed by atoms with E-state index in [4.69, 9.17) is 10.6 Å².